The molecule has 0 saturated carbocycles. The lowest BCUT2D eigenvalue weighted by Gasteiger charge is -2.27. The normalized spacial score (nSPS) is 24.5. The molecule has 13 heavy (non-hydrogen) atoms. The maximum absolute atomic E-state index is 2.58. The Labute approximate surface area is 82.9 Å². The van der Waals surface area contributed by atoms with Crippen molar-refractivity contribution in [2.24, 2.45) is 0 Å². The Morgan fingerprint density at radius 1 is 1.38 bits per heavy atom. The van der Waals surface area contributed by atoms with E-state index in [0.29, 0.717) is 0 Å². The van der Waals surface area contributed by atoms with Gasteiger partial charge in [0.2, 0.25) is 0 Å². The summed E-state index contributed by atoms with van der Waals surface area (Å²) >= 11 is 0. The summed E-state index contributed by atoms with van der Waals surface area (Å²) in [6, 6.07) is 0.825. The molecule has 1 unspecified atom stereocenters. The molecule has 1 rings (SSSR count). The molecule has 0 aromatic heterocycles. The van der Waals surface area contributed by atoms with Crippen molar-refractivity contribution in [2.75, 3.05) is 33.2 Å². The Kier molecular flexibility index (Phi) is 4.74. The minimum absolute atomic E-state index is 0.825. The van der Waals surface area contributed by atoms with E-state index < -0.39 is 0 Å². The smallest absolute Gasteiger partial charge is 0.0220 e. The van der Waals surface area contributed by atoms with Crippen LogP contribution in [0.5, 0.6) is 0 Å². The molecule has 1 heterocycles. The quantitative estimate of drug-likeness (QED) is 0.643. The molecule has 2 heteroatoms. The zero-order valence-electron chi connectivity index (χ0n) is 9.42. The Morgan fingerprint density at radius 3 is 2.62 bits per heavy atom. The highest BCUT2D eigenvalue weighted by Gasteiger charge is 2.22. The highest BCUT2D eigenvalue weighted by atomic mass is 15.2. The van der Waals surface area contributed by atoms with Gasteiger partial charge in [-0.15, -0.1) is 0 Å². The lowest BCUT2D eigenvalue weighted by Crippen LogP contribution is -2.38. The molecule has 1 saturated heterocycles. The van der Waals surface area contributed by atoms with Crippen LogP contribution in [0.1, 0.15) is 33.1 Å². The van der Waals surface area contributed by atoms with E-state index in [9.17, 15) is 0 Å². The number of likely N-dealkylation sites (N-methyl/N-ethyl adjacent to an activating group) is 2. The van der Waals surface area contributed by atoms with Crippen LogP contribution in [-0.4, -0.2) is 49.1 Å². The molecule has 0 aromatic carbocycles. The molecular weight excluding hydrogens is 160 g/mol. The standard InChI is InChI=1S/C11H24N2/c1-4-8-13(5-2)10-11-7-6-9-12(11)3/h11H,4-10H2,1-3H3. The summed E-state index contributed by atoms with van der Waals surface area (Å²) in [5, 5.41) is 0. The predicted octanol–water partition coefficient (Wildman–Crippen LogP) is 1.81. The zero-order chi connectivity index (χ0) is 9.68. The van der Waals surface area contributed by atoms with Gasteiger partial charge in [0.15, 0.2) is 0 Å². The van der Waals surface area contributed by atoms with Crippen molar-refractivity contribution >= 4 is 0 Å². The SMILES string of the molecule is CCCN(CC)CC1CCCN1C. The van der Waals surface area contributed by atoms with E-state index in [0.717, 1.165) is 6.04 Å². The molecular formula is C11H24N2. The second kappa shape index (κ2) is 5.61. The molecule has 1 fully saturated rings. The minimum atomic E-state index is 0.825. The predicted molar refractivity (Wildman–Crippen MR) is 58.1 cm³/mol. The molecule has 0 radical (unpaired) electrons. The molecule has 0 spiro atoms. The fraction of sp³-hybridized carbons (Fsp3) is 1.00. The summed E-state index contributed by atoms with van der Waals surface area (Å²) < 4.78 is 0. The number of likely N-dealkylation sites (tertiary alicyclic amines) is 1. The first kappa shape index (κ1) is 11.0. The molecule has 1 atom stereocenters. The lowest BCUT2D eigenvalue weighted by atomic mass is 10.2. The monoisotopic (exact) mass is 184 g/mol. The molecule has 0 bridgehead atoms. The molecule has 2 nitrogen and oxygen atoms in total. The van der Waals surface area contributed by atoms with E-state index in [1.165, 1.54) is 45.4 Å². The first-order valence-corrected chi connectivity index (χ1v) is 5.70. The summed E-state index contributed by atoms with van der Waals surface area (Å²) in [5.41, 5.74) is 0. The summed E-state index contributed by atoms with van der Waals surface area (Å²) in [5.74, 6) is 0. The fourth-order valence-corrected chi connectivity index (χ4v) is 2.20. The Morgan fingerprint density at radius 2 is 2.15 bits per heavy atom. The number of nitrogens with zero attached hydrogens (tertiary/aromatic N) is 2. The lowest BCUT2D eigenvalue weighted by molar-refractivity contribution is 0.199. The van der Waals surface area contributed by atoms with Gasteiger partial charge in [0, 0.05) is 12.6 Å². The molecule has 0 N–H and O–H groups in total. The second-order valence-corrected chi connectivity index (χ2v) is 4.17. The molecule has 0 aliphatic carbocycles. The molecule has 0 amide bonds. The van der Waals surface area contributed by atoms with Crippen molar-refractivity contribution in [3.05, 3.63) is 0 Å². The molecule has 0 aromatic rings. The van der Waals surface area contributed by atoms with Crippen LogP contribution in [-0.2, 0) is 0 Å². The number of hydrogen-bond acceptors (Lipinski definition) is 2. The molecule has 1 aliphatic rings. The average Bonchev–Trinajstić information content (AvgIpc) is 2.51. The van der Waals surface area contributed by atoms with E-state index in [1.54, 1.807) is 0 Å². The van der Waals surface area contributed by atoms with Crippen LogP contribution in [0.3, 0.4) is 0 Å². The maximum atomic E-state index is 2.58. The average molecular weight is 184 g/mol. The van der Waals surface area contributed by atoms with Crippen LogP contribution in [0, 0.1) is 0 Å². The maximum Gasteiger partial charge on any atom is 0.0220 e. The van der Waals surface area contributed by atoms with Crippen molar-refractivity contribution in [3.63, 3.8) is 0 Å². The van der Waals surface area contributed by atoms with Crippen LogP contribution in [0.4, 0.5) is 0 Å². The highest BCUT2D eigenvalue weighted by molar-refractivity contribution is 4.79. The van der Waals surface area contributed by atoms with Crippen molar-refractivity contribution in [1.82, 2.24) is 9.80 Å². The molecule has 1 aliphatic heterocycles. The number of rotatable bonds is 5. The van der Waals surface area contributed by atoms with E-state index in [-0.39, 0.29) is 0 Å². The Balaban J connectivity index is 2.27. The van der Waals surface area contributed by atoms with Crippen molar-refractivity contribution in [3.8, 4) is 0 Å². The Bertz CT molecular complexity index is 136. The van der Waals surface area contributed by atoms with Gasteiger partial charge in [0.1, 0.15) is 0 Å². The van der Waals surface area contributed by atoms with Crippen LogP contribution in [0.25, 0.3) is 0 Å². The second-order valence-electron chi connectivity index (χ2n) is 4.17. The van der Waals surface area contributed by atoms with Crippen molar-refractivity contribution in [2.45, 2.75) is 39.2 Å². The first-order valence-electron chi connectivity index (χ1n) is 5.70. The third-order valence-corrected chi connectivity index (χ3v) is 3.13. The van der Waals surface area contributed by atoms with Gasteiger partial charge >= 0.3 is 0 Å². The van der Waals surface area contributed by atoms with Gasteiger partial charge in [-0.05, 0) is 45.9 Å². The van der Waals surface area contributed by atoms with Gasteiger partial charge in [-0.1, -0.05) is 13.8 Å². The van der Waals surface area contributed by atoms with Crippen molar-refractivity contribution < 1.29 is 0 Å². The third kappa shape index (κ3) is 3.28. The largest absolute Gasteiger partial charge is 0.302 e. The summed E-state index contributed by atoms with van der Waals surface area (Å²) in [6.45, 7) is 9.58. The van der Waals surface area contributed by atoms with Crippen LogP contribution >= 0.6 is 0 Å². The van der Waals surface area contributed by atoms with Gasteiger partial charge < -0.3 is 9.80 Å². The topological polar surface area (TPSA) is 6.48 Å². The summed E-state index contributed by atoms with van der Waals surface area (Å²) in [7, 11) is 2.26. The third-order valence-electron chi connectivity index (χ3n) is 3.13. The van der Waals surface area contributed by atoms with Crippen LogP contribution < -0.4 is 0 Å². The zero-order valence-corrected chi connectivity index (χ0v) is 9.42. The van der Waals surface area contributed by atoms with Crippen LogP contribution in [0.15, 0.2) is 0 Å². The summed E-state index contributed by atoms with van der Waals surface area (Å²) in [4.78, 5) is 5.09. The highest BCUT2D eigenvalue weighted by Crippen LogP contribution is 2.15. The van der Waals surface area contributed by atoms with Gasteiger partial charge in [0.25, 0.3) is 0 Å². The number of hydrogen-bond donors (Lipinski definition) is 0. The van der Waals surface area contributed by atoms with Crippen molar-refractivity contribution in [1.29, 1.82) is 0 Å². The van der Waals surface area contributed by atoms with E-state index >= 15 is 0 Å². The van der Waals surface area contributed by atoms with Crippen LogP contribution in [0.2, 0.25) is 0 Å². The van der Waals surface area contributed by atoms with E-state index in [2.05, 4.69) is 30.7 Å². The first-order chi connectivity index (χ1) is 6.27. The van der Waals surface area contributed by atoms with Gasteiger partial charge in [-0.25, -0.2) is 0 Å². The summed E-state index contributed by atoms with van der Waals surface area (Å²) in [6.07, 6.45) is 4.08. The van der Waals surface area contributed by atoms with E-state index in [4.69, 9.17) is 0 Å². The molecule has 78 valence electrons. The van der Waals surface area contributed by atoms with Gasteiger partial charge in [0.05, 0.1) is 0 Å². The fourth-order valence-electron chi connectivity index (χ4n) is 2.20. The Hall–Kier alpha value is -0.0800. The van der Waals surface area contributed by atoms with Gasteiger partial charge in [-0.3, -0.25) is 0 Å². The van der Waals surface area contributed by atoms with Gasteiger partial charge in [-0.2, -0.15) is 0 Å². The van der Waals surface area contributed by atoms with E-state index in [1.807, 2.05) is 0 Å². The minimum Gasteiger partial charge on any atom is -0.302 e.